The van der Waals surface area contributed by atoms with Crippen molar-refractivity contribution in [2.45, 2.75) is 18.9 Å². The summed E-state index contributed by atoms with van der Waals surface area (Å²) in [5, 5.41) is 3.12. The molecular formula is C16H15BrN2O. The Kier molecular flexibility index (Phi) is 3.83. The zero-order valence-electron chi connectivity index (χ0n) is 10.9. The number of carbonyl (C=O) groups excluding carboxylic acids is 1. The van der Waals surface area contributed by atoms with E-state index < -0.39 is 0 Å². The van der Waals surface area contributed by atoms with Crippen molar-refractivity contribution in [3.8, 4) is 0 Å². The van der Waals surface area contributed by atoms with Crippen LogP contribution >= 0.6 is 15.9 Å². The Morgan fingerprint density at radius 3 is 2.60 bits per heavy atom. The maximum Gasteiger partial charge on any atom is 0.271 e. The van der Waals surface area contributed by atoms with Crippen molar-refractivity contribution in [3.05, 3.63) is 64.4 Å². The normalized spacial score (nSPS) is 15.7. The van der Waals surface area contributed by atoms with E-state index >= 15 is 0 Å². The quantitative estimate of drug-likeness (QED) is 0.928. The van der Waals surface area contributed by atoms with Crippen molar-refractivity contribution in [1.29, 1.82) is 0 Å². The number of benzene rings is 1. The Labute approximate surface area is 126 Å². The maximum atomic E-state index is 12.4. The number of amides is 1. The molecule has 0 aliphatic heterocycles. The highest BCUT2D eigenvalue weighted by Gasteiger charge is 2.33. The van der Waals surface area contributed by atoms with Gasteiger partial charge in [-0.05, 0) is 52.4 Å². The van der Waals surface area contributed by atoms with Gasteiger partial charge in [0.2, 0.25) is 0 Å². The Hall–Kier alpha value is -1.68. The third kappa shape index (κ3) is 2.90. The summed E-state index contributed by atoms with van der Waals surface area (Å²) in [5.74, 6) is 0.419. The van der Waals surface area contributed by atoms with E-state index in [-0.39, 0.29) is 11.9 Å². The molecule has 0 radical (unpaired) electrons. The van der Waals surface area contributed by atoms with Crippen LogP contribution in [0.5, 0.6) is 0 Å². The monoisotopic (exact) mass is 330 g/mol. The van der Waals surface area contributed by atoms with Gasteiger partial charge in [-0.1, -0.05) is 30.3 Å². The second-order valence-corrected chi connectivity index (χ2v) is 5.89. The van der Waals surface area contributed by atoms with Crippen LogP contribution in [-0.2, 0) is 0 Å². The first-order chi connectivity index (χ1) is 9.75. The lowest BCUT2D eigenvalue weighted by atomic mass is 10.0. The van der Waals surface area contributed by atoms with Gasteiger partial charge in [0.05, 0.1) is 6.04 Å². The molecule has 1 aliphatic rings. The summed E-state index contributed by atoms with van der Waals surface area (Å²) < 4.78 is 0.722. The van der Waals surface area contributed by atoms with Crippen LogP contribution in [0.25, 0.3) is 0 Å². The SMILES string of the molecule is O=C(NC(c1ccccc1)C1CC1)c1ncccc1Br. The number of nitrogens with one attached hydrogen (secondary N) is 1. The maximum absolute atomic E-state index is 12.4. The molecule has 1 atom stereocenters. The molecule has 1 aromatic carbocycles. The summed E-state index contributed by atoms with van der Waals surface area (Å²) in [5.41, 5.74) is 1.60. The van der Waals surface area contributed by atoms with Gasteiger partial charge in [0.25, 0.3) is 5.91 Å². The van der Waals surface area contributed by atoms with E-state index in [1.54, 1.807) is 12.3 Å². The van der Waals surface area contributed by atoms with Gasteiger partial charge in [-0.25, -0.2) is 4.98 Å². The van der Waals surface area contributed by atoms with Crippen molar-refractivity contribution in [3.63, 3.8) is 0 Å². The molecule has 102 valence electrons. The molecule has 1 aliphatic carbocycles. The second kappa shape index (κ2) is 5.75. The number of hydrogen-bond acceptors (Lipinski definition) is 2. The van der Waals surface area contributed by atoms with Gasteiger partial charge in [0, 0.05) is 10.7 Å². The number of pyridine rings is 1. The fourth-order valence-corrected chi connectivity index (χ4v) is 2.76. The first kappa shape index (κ1) is 13.3. The first-order valence-corrected chi connectivity index (χ1v) is 7.51. The largest absolute Gasteiger partial charge is 0.344 e. The number of aromatic nitrogens is 1. The van der Waals surface area contributed by atoms with Crippen LogP contribution in [0.3, 0.4) is 0 Å². The van der Waals surface area contributed by atoms with Crippen LogP contribution in [0, 0.1) is 5.92 Å². The Bertz CT molecular complexity index is 611. The molecule has 0 bridgehead atoms. The smallest absolute Gasteiger partial charge is 0.271 e. The summed E-state index contributed by atoms with van der Waals surface area (Å²) in [6.07, 6.45) is 3.97. The fourth-order valence-electron chi connectivity index (χ4n) is 2.33. The van der Waals surface area contributed by atoms with Gasteiger partial charge in [-0.2, -0.15) is 0 Å². The van der Waals surface area contributed by atoms with Crippen LogP contribution in [0.4, 0.5) is 0 Å². The van der Waals surface area contributed by atoms with Crippen molar-refractivity contribution >= 4 is 21.8 Å². The summed E-state index contributed by atoms with van der Waals surface area (Å²) in [6, 6.07) is 13.9. The van der Waals surface area contributed by atoms with Gasteiger partial charge in [0.1, 0.15) is 5.69 Å². The van der Waals surface area contributed by atoms with Crippen LogP contribution in [0.1, 0.15) is 34.9 Å². The molecule has 1 fully saturated rings. The molecule has 1 N–H and O–H groups in total. The number of nitrogens with zero attached hydrogens (tertiary/aromatic N) is 1. The van der Waals surface area contributed by atoms with Crippen molar-refractivity contribution in [2.75, 3.05) is 0 Å². The van der Waals surface area contributed by atoms with Gasteiger partial charge < -0.3 is 5.32 Å². The number of hydrogen-bond donors (Lipinski definition) is 1. The van der Waals surface area contributed by atoms with Gasteiger partial charge in [-0.15, -0.1) is 0 Å². The van der Waals surface area contributed by atoms with E-state index in [2.05, 4.69) is 38.4 Å². The minimum absolute atomic E-state index is 0.0811. The lowest BCUT2D eigenvalue weighted by Gasteiger charge is -2.18. The Morgan fingerprint density at radius 2 is 1.95 bits per heavy atom. The van der Waals surface area contributed by atoms with E-state index in [1.807, 2.05) is 24.3 Å². The molecule has 1 amide bonds. The van der Waals surface area contributed by atoms with Crippen LogP contribution in [0.2, 0.25) is 0 Å². The minimum Gasteiger partial charge on any atom is -0.344 e. The summed E-state index contributed by atoms with van der Waals surface area (Å²) in [6.45, 7) is 0. The molecule has 4 heteroatoms. The van der Waals surface area contributed by atoms with E-state index in [4.69, 9.17) is 0 Å². The molecule has 1 unspecified atom stereocenters. The molecular weight excluding hydrogens is 316 g/mol. The molecule has 2 aromatic rings. The number of rotatable bonds is 4. The lowest BCUT2D eigenvalue weighted by molar-refractivity contribution is 0.0925. The van der Waals surface area contributed by atoms with E-state index in [0.717, 1.165) is 10.0 Å². The molecule has 20 heavy (non-hydrogen) atoms. The fraction of sp³-hybridized carbons (Fsp3) is 0.250. The predicted octanol–water partition coefficient (Wildman–Crippen LogP) is 3.73. The molecule has 0 spiro atoms. The van der Waals surface area contributed by atoms with Crippen molar-refractivity contribution in [1.82, 2.24) is 10.3 Å². The lowest BCUT2D eigenvalue weighted by Crippen LogP contribution is -2.30. The standard InChI is InChI=1S/C16H15BrN2O/c17-13-7-4-10-18-15(13)16(20)19-14(12-8-9-12)11-5-2-1-3-6-11/h1-7,10,12,14H,8-9H2,(H,19,20). The van der Waals surface area contributed by atoms with Crippen LogP contribution in [0.15, 0.2) is 53.1 Å². The summed E-state index contributed by atoms with van der Waals surface area (Å²) >= 11 is 3.37. The highest BCUT2D eigenvalue weighted by atomic mass is 79.9. The minimum atomic E-state index is -0.127. The van der Waals surface area contributed by atoms with E-state index in [9.17, 15) is 4.79 Å². The van der Waals surface area contributed by atoms with E-state index in [1.165, 1.54) is 12.8 Å². The predicted molar refractivity (Wildman–Crippen MR) is 81.3 cm³/mol. The molecule has 3 rings (SSSR count). The van der Waals surface area contributed by atoms with Gasteiger partial charge in [0.15, 0.2) is 0 Å². The van der Waals surface area contributed by atoms with Crippen molar-refractivity contribution in [2.24, 2.45) is 5.92 Å². The van der Waals surface area contributed by atoms with Crippen molar-refractivity contribution < 1.29 is 4.79 Å². The Balaban J connectivity index is 1.81. The highest BCUT2D eigenvalue weighted by Crippen LogP contribution is 2.41. The van der Waals surface area contributed by atoms with Gasteiger partial charge in [-0.3, -0.25) is 4.79 Å². The third-order valence-corrected chi connectivity index (χ3v) is 4.15. The third-order valence-electron chi connectivity index (χ3n) is 3.51. The van der Waals surface area contributed by atoms with Crippen LogP contribution < -0.4 is 5.32 Å². The van der Waals surface area contributed by atoms with E-state index in [0.29, 0.717) is 11.6 Å². The van der Waals surface area contributed by atoms with Gasteiger partial charge >= 0.3 is 0 Å². The summed E-state index contributed by atoms with van der Waals surface area (Å²) in [7, 11) is 0. The first-order valence-electron chi connectivity index (χ1n) is 6.72. The zero-order chi connectivity index (χ0) is 13.9. The zero-order valence-corrected chi connectivity index (χ0v) is 12.5. The van der Waals surface area contributed by atoms with Crippen LogP contribution in [-0.4, -0.2) is 10.9 Å². The molecule has 1 aromatic heterocycles. The topological polar surface area (TPSA) is 42.0 Å². The summed E-state index contributed by atoms with van der Waals surface area (Å²) in [4.78, 5) is 16.5. The molecule has 0 saturated heterocycles. The Morgan fingerprint density at radius 1 is 1.20 bits per heavy atom. The molecule has 1 saturated carbocycles. The average Bonchev–Trinajstić information content (AvgIpc) is 3.30. The molecule has 1 heterocycles. The highest BCUT2D eigenvalue weighted by molar-refractivity contribution is 9.10. The number of carbonyl (C=O) groups is 1. The molecule has 3 nitrogen and oxygen atoms in total. The average molecular weight is 331 g/mol. The second-order valence-electron chi connectivity index (χ2n) is 5.03. The number of halogens is 1.